The number of hydrogen-bond donors (Lipinski definition) is 1. The monoisotopic (exact) mass is 426 g/mol. The summed E-state index contributed by atoms with van der Waals surface area (Å²) in [7, 11) is 1.75. The first-order valence-corrected chi connectivity index (χ1v) is 11.4. The SMILES string of the molecule is CCC(C)(C)COC.O=CN1CCC(N2CCNC(C(=O)N3CCOCC3)C2)CC1. The Morgan fingerprint density at radius 2 is 1.83 bits per heavy atom. The standard InChI is InChI=1S/C15H26N4O3.C7H16O/c20-12-17-4-1-13(2-5-17)19-6-3-16-14(11-19)15(21)18-7-9-22-10-8-18;1-5-7(2,3)6-8-4/h12-14,16H,1-11H2;5-6H2,1-4H3. The van der Waals surface area contributed by atoms with Gasteiger partial charge in [0.1, 0.15) is 0 Å². The van der Waals surface area contributed by atoms with Gasteiger partial charge in [-0.15, -0.1) is 0 Å². The van der Waals surface area contributed by atoms with Crippen LogP contribution in [0.25, 0.3) is 0 Å². The molecule has 2 amide bonds. The lowest BCUT2D eigenvalue weighted by Gasteiger charge is -2.42. The summed E-state index contributed by atoms with van der Waals surface area (Å²) in [5.74, 6) is 0.207. The molecule has 30 heavy (non-hydrogen) atoms. The lowest BCUT2D eigenvalue weighted by atomic mass is 9.92. The van der Waals surface area contributed by atoms with Gasteiger partial charge < -0.3 is 24.6 Å². The molecular formula is C22H42N4O4. The van der Waals surface area contributed by atoms with E-state index in [4.69, 9.17) is 9.47 Å². The zero-order chi connectivity index (χ0) is 22.0. The van der Waals surface area contributed by atoms with Gasteiger partial charge in [-0.2, -0.15) is 0 Å². The van der Waals surface area contributed by atoms with Gasteiger partial charge in [0, 0.05) is 59.0 Å². The lowest BCUT2D eigenvalue weighted by Crippen LogP contribution is -2.61. The highest BCUT2D eigenvalue weighted by atomic mass is 16.5. The largest absolute Gasteiger partial charge is 0.384 e. The normalized spacial score (nSPS) is 24.2. The maximum Gasteiger partial charge on any atom is 0.241 e. The molecule has 0 aromatic carbocycles. The molecule has 0 saturated carbocycles. The minimum absolute atomic E-state index is 0.101. The van der Waals surface area contributed by atoms with Crippen molar-refractivity contribution in [3.05, 3.63) is 0 Å². The highest BCUT2D eigenvalue weighted by molar-refractivity contribution is 5.82. The summed E-state index contributed by atoms with van der Waals surface area (Å²) in [6, 6.07) is 0.397. The summed E-state index contributed by atoms with van der Waals surface area (Å²) in [4.78, 5) is 29.6. The van der Waals surface area contributed by atoms with Crippen LogP contribution in [0.5, 0.6) is 0 Å². The second kappa shape index (κ2) is 12.6. The van der Waals surface area contributed by atoms with Gasteiger partial charge in [-0.3, -0.25) is 14.5 Å². The Balaban J connectivity index is 0.000000343. The average molecular weight is 427 g/mol. The zero-order valence-electron chi connectivity index (χ0n) is 19.4. The summed E-state index contributed by atoms with van der Waals surface area (Å²) in [5, 5.41) is 3.36. The molecule has 3 aliphatic heterocycles. The third kappa shape index (κ3) is 7.80. The summed E-state index contributed by atoms with van der Waals surface area (Å²) < 4.78 is 10.3. The molecule has 8 nitrogen and oxygen atoms in total. The zero-order valence-corrected chi connectivity index (χ0v) is 19.4. The number of methoxy groups -OCH3 is 1. The summed E-state index contributed by atoms with van der Waals surface area (Å²) in [6.45, 7) is 14.4. The van der Waals surface area contributed by atoms with Gasteiger partial charge in [-0.25, -0.2) is 0 Å². The van der Waals surface area contributed by atoms with Crippen molar-refractivity contribution in [2.45, 2.75) is 52.1 Å². The van der Waals surface area contributed by atoms with Gasteiger partial charge in [-0.1, -0.05) is 20.8 Å². The lowest BCUT2D eigenvalue weighted by molar-refractivity contribution is -0.139. The van der Waals surface area contributed by atoms with Gasteiger partial charge in [0.05, 0.1) is 25.9 Å². The molecule has 1 unspecified atom stereocenters. The van der Waals surface area contributed by atoms with E-state index in [2.05, 4.69) is 31.0 Å². The first-order chi connectivity index (χ1) is 14.4. The van der Waals surface area contributed by atoms with Crippen molar-refractivity contribution in [1.82, 2.24) is 20.0 Å². The van der Waals surface area contributed by atoms with Crippen LogP contribution in [-0.4, -0.2) is 112 Å². The van der Waals surface area contributed by atoms with E-state index < -0.39 is 0 Å². The van der Waals surface area contributed by atoms with Crippen molar-refractivity contribution in [3.8, 4) is 0 Å². The molecule has 1 atom stereocenters. The maximum absolute atomic E-state index is 12.6. The van der Waals surface area contributed by atoms with Crippen LogP contribution in [0.15, 0.2) is 0 Å². The minimum atomic E-state index is -0.101. The molecule has 0 aliphatic carbocycles. The van der Waals surface area contributed by atoms with Crippen molar-refractivity contribution in [1.29, 1.82) is 0 Å². The average Bonchev–Trinajstić information content (AvgIpc) is 2.80. The third-order valence-corrected chi connectivity index (χ3v) is 6.48. The maximum atomic E-state index is 12.6. The Morgan fingerprint density at radius 3 is 2.37 bits per heavy atom. The molecule has 0 radical (unpaired) electrons. The molecule has 3 saturated heterocycles. The van der Waals surface area contributed by atoms with E-state index in [1.807, 2.05) is 9.80 Å². The first kappa shape index (κ1) is 25.0. The number of piperazine rings is 1. The molecule has 3 rings (SSSR count). The minimum Gasteiger partial charge on any atom is -0.384 e. The fraction of sp³-hybridized carbons (Fsp3) is 0.909. The predicted molar refractivity (Wildman–Crippen MR) is 117 cm³/mol. The van der Waals surface area contributed by atoms with Crippen molar-refractivity contribution in [2.75, 3.05) is 72.7 Å². The number of nitrogens with zero attached hydrogens (tertiary/aromatic N) is 3. The van der Waals surface area contributed by atoms with Crippen LogP contribution in [-0.2, 0) is 19.1 Å². The van der Waals surface area contributed by atoms with Crippen LogP contribution >= 0.6 is 0 Å². The molecule has 3 fully saturated rings. The van der Waals surface area contributed by atoms with Crippen molar-refractivity contribution >= 4 is 12.3 Å². The summed E-state index contributed by atoms with van der Waals surface area (Å²) in [6.07, 6.45) is 4.15. The van der Waals surface area contributed by atoms with Gasteiger partial charge in [0.25, 0.3) is 0 Å². The number of hydrogen-bond acceptors (Lipinski definition) is 6. The van der Waals surface area contributed by atoms with Crippen LogP contribution in [0, 0.1) is 5.41 Å². The highest BCUT2D eigenvalue weighted by Crippen LogP contribution is 2.19. The number of piperidine rings is 1. The molecule has 3 aliphatic rings. The Hall–Kier alpha value is -1.22. The number of rotatable bonds is 6. The Kier molecular flexibility index (Phi) is 10.5. The van der Waals surface area contributed by atoms with Gasteiger partial charge >= 0.3 is 0 Å². The van der Waals surface area contributed by atoms with E-state index >= 15 is 0 Å². The van der Waals surface area contributed by atoms with Crippen LogP contribution in [0.1, 0.15) is 40.0 Å². The summed E-state index contributed by atoms with van der Waals surface area (Å²) in [5.41, 5.74) is 0.370. The van der Waals surface area contributed by atoms with Crippen molar-refractivity contribution in [2.24, 2.45) is 5.41 Å². The van der Waals surface area contributed by atoms with Crippen LogP contribution in [0.2, 0.25) is 0 Å². The van der Waals surface area contributed by atoms with Crippen LogP contribution in [0.4, 0.5) is 0 Å². The van der Waals surface area contributed by atoms with E-state index in [1.54, 1.807) is 7.11 Å². The third-order valence-electron chi connectivity index (χ3n) is 6.48. The van der Waals surface area contributed by atoms with Gasteiger partial charge in [0.2, 0.25) is 12.3 Å². The molecule has 3 heterocycles. The Morgan fingerprint density at radius 1 is 1.17 bits per heavy atom. The van der Waals surface area contributed by atoms with Gasteiger partial charge in [-0.05, 0) is 24.7 Å². The number of carbonyl (C=O) groups excluding carboxylic acids is 2. The Labute approximate surface area is 182 Å². The second-order valence-corrected chi connectivity index (χ2v) is 9.26. The molecule has 1 N–H and O–H groups in total. The van der Waals surface area contributed by atoms with Crippen molar-refractivity contribution < 1.29 is 19.1 Å². The number of amides is 2. The van der Waals surface area contributed by atoms with Crippen molar-refractivity contribution in [3.63, 3.8) is 0 Å². The van der Waals surface area contributed by atoms with E-state index in [1.165, 1.54) is 6.42 Å². The topological polar surface area (TPSA) is 74.4 Å². The molecule has 0 aromatic rings. The smallest absolute Gasteiger partial charge is 0.241 e. The first-order valence-electron chi connectivity index (χ1n) is 11.4. The molecule has 174 valence electrons. The fourth-order valence-electron chi connectivity index (χ4n) is 4.12. The van der Waals surface area contributed by atoms with Crippen LogP contribution < -0.4 is 5.32 Å². The van der Waals surface area contributed by atoms with E-state index in [0.717, 1.165) is 58.6 Å². The Bertz CT molecular complexity index is 517. The number of ether oxygens (including phenoxy) is 2. The molecule has 0 bridgehead atoms. The number of carbonyl (C=O) groups is 2. The fourth-order valence-corrected chi connectivity index (χ4v) is 4.12. The number of morpholine rings is 1. The van der Waals surface area contributed by atoms with E-state index in [0.29, 0.717) is 37.8 Å². The number of nitrogens with one attached hydrogen (secondary N) is 1. The molecule has 8 heteroatoms. The highest BCUT2D eigenvalue weighted by Gasteiger charge is 2.33. The second-order valence-electron chi connectivity index (χ2n) is 9.26. The van der Waals surface area contributed by atoms with E-state index in [-0.39, 0.29) is 11.9 Å². The predicted octanol–water partition coefficient (Wildman–Crippen LogP) is 0.809. The number of likely N-dealkylation sites (tertiary alicyclic amines) is 1. The molecular weight excluding hydrogens is 384 g/mol. The molecule has 0 spiro atoms. The summed E-state index contributed by atoms with van der Waals surface area (Å²) >= 11 is 0. The van der Waals surface area contributed by atoms with Crippen LogP contribution in [0.3, 0.4) is 0 Å². The van der Waals surface area contributed by atoms with Gasteiger partial charge in [0.15, 0.2) is 0 Å². The quantitative estimate of drug-likeness (QED) is 0.634. The van der Waals surface area contributed by atoms with E-state index in [9.17, 15) is 9.59 Å². The molecule has 0 aromatic heterocycles.